The predicted molar refractivity (Wildman–Crippen MR) is 66.0 cm³/mol. The lowest BCUT2D eigenvalue weighted by Gasteiger charge is -2.08. The molecule has 1 heterocycles. The van der Waals surface area contributed by atoms with Gasteiger partial charge in [0.2, 0.25) is 0 Å². The van der Waals surface area contributed by atoms with Gasteiger partial charge in [-0.3, -0.25) is 5.10 Å². The molecule has 0 spiro atoms. The smallest absolute Gasteiger partial charge is 0.0695 e. The highest BCUT2D eigenvalue weighted by Gasteiger charge is 2.06. The molecule has 0 aliphatic carbocycles. The van der Waals surface area contributed by atoms with Crippen molar-refractivity contribution in [3.63, 3.8) is 0 Å². The zero-order valence-corrected chi connectivity index (χ0v) is 9.70. The van der Waals surface area contributed by atoms with Gasteiger partial charge in [0.15, 0.2) is 0 Å². The largest absolute Gasteiger partial charge is 0.310 e. The highest BCUT2D eigenvalue weighted by Crippen LogP contribution is 2.20. The normalized spacial score (nSPS) is 10.9. The number of nitrogens with zero attached hydrogens (tertiary/aromatic N) is 1. The van der Waals surface area contributed by atoms with Gasteiger partial charge in [0, 0.05) is 18.2 Å². The molecule has 0 aliphatic rings. The van der Waals surface area contributed by atoms with E-state index >= 15 is 0 Å². The van der Waals surface area contributed by atoms with Gasteiger partial charge in [-0.1, -0.05) is 44.2 Å². The van der Waals surface area contributed by atoms with Crippen LogP contribution in [-0.2, 0) is 6.54 Å². The average Bonchev–Trinajstić information content (AvgIpc) is 2.75. The second-order valence-corrected chi connectivity index (χ2v) is 4.17. The fraction of sp³-hybridized carbons (Fsp3) is 0.308. The average molecular weight is 215 g/mol. The van der Waals surface area contributed by atoms with E-state index in [1.807, 2.05) is 24.4 Å². The van der Waals surface area contributed by atoms with Crippen molar-refractivity contribution in [2.75, 3.05) is 0 Å². The molecule has 2 N–H and O–H groups in total. The molecule has 3 nitrogen and oxygen atoms in total. The van der Waals surface area contributed by atoms with Crippen LogP contribution in [0.3, 0.4) is 0 Å². The lowest BCUT2D eigenvalue weighted by atomic mass is 10.1. The molecule has 0 amide bonds. The summed E-state index contributed by atoms with van der Waals surface area (Å²) in [6.45, 7) is 5.13. The van der Waals surface area contributed by atoms with E-state index in [1.54, 1.807) is 0 Å². The van der Waals surface area contributed by atoms with Crippen LogP contribution in [0.2, 0.25) is 0 Å². The van der Waals surface area contributed by atoms with Gasteiger partial charge in [0.1, 0.15) is 0 Å². The first-order valence-electron chi connectivity index (χ1n) is 5.58. The highest BCUT2D eigenvalue weighted by molar-refractivity contribution is 5.62. The van der Waals surface area contributed by atoms with Crippen LogP contribution in [0.5, 0.6) is 0 Å². The molecule has 0 fully saturated rings. The molecule has 0 atom stereocenters. The van der Waals surface area contributed by atoms with Crippen molar-refractivity contribution in [2.24, 2.45) is 0 Å². The number of hydrogen-bond acceptors (Lipinski definition) is 2. The molecule has 0 aliphatic heterocycles. The quantitative estimate of drug-likeness (QED) is 0.823. The Labute approximate surface area is 95.9 Å². The minimum absolute atomic E-state index is 0.485. The number of aromatic nitrogens is 2. The van der Waals surface area contributed by atoms with Crippen molar-refractivity contribution in [1.82, 2.24) is 15.5 Å². The molecule has 16 heavy (non-hydrogen) atoms. The first kappa shape index (κ1) is 10.9. The Bertz CT molecular complexity index is 431. The van der Waals surface area contributed by atoms with Gasteiger partial charge in [0.25, 0.3) is 0 Å². The van der Waals surface area contributed by atoms with E-state index in [0.29, 0.717) is 6.04 Å². The number of hydrogen-bond donors (Lipinski definition) is 2. The van der Waals surface area contributed by atoms with E-state index in [2.05, 4.69) is 41.5 Å². The molecule has 1 aromatic carbocycles. The van der Waals surface area contributed by atoms with Crippen LogP contribution in [0.4, 0.5) is 0 Å². The van der Waals surface area contributed by atoms with Gasteiger partial charge in [-0.05, 0) is 5.56 Å². The van der Waals surface area contributed by atoms with Crippen molar-refractivity contribution in [1.29, 1.82) is 0 Å². The standard InChI is InChI=1S/C13H17N3/c1-10(2)14-8-12-9-15-16-13(12)11-6-4-3-5-7-11/h3-7,9-10,14H,8H2,1-2H3,(H,15,16). The second kappa shape index (κ2) is 4.94. The predicted octanol–water partition coefficient (Wildman–Crippen LogP) is 2.57. The molecule has 0 bridgehead atoms. The van der Waals surface area contributed by atoms with Crippen LogP contribution in [-0.4, -0.2) is 16.2 Å². The molecule has 3 heteroatoms. The minimum Gasteiger partial charge on any atom is -0.310 e. The Balaban J connectivity index is 2.19. The Kier molecular flexibility index (Phi) is 3.37. The van der Waals surface area contributed by atoms with Crippen molar-refractivity contribution >= 4 is 0 Å². The van der Waals surface area contributed by atoms with Crippen molar-refractivity contribution in [3.05, 3.63) is 42.1 Å². The number of rotatable bonds is 4. The Hall–Kier alpha value is -1.61. The first-order chi connectivity index (χ1) is 7.77. The molecule has 0 unspecified atom stereocenters. The maximum Gasteiger partial charge on any atom is 0.0695 e. The van der Waals surface area contributed by atoms with E-state index in [-0.39, 0.29) is 0 Å². The Morgan fingerprint density at radius 2 is 2.00 bits per heavy atom. The fourth-order valence-corrected chi connectivity index (χ4v) is 1.61. The zero-order valence-electron chi connectivity index (χ0n) is 9.70. The van der Waals surface area contributed by atoms with Gasteiger partial charge in [-0.25, -0.2) is 0 Å². The molecular weight excluding hydrogens is 198 g/mol. The van der Waals surface area contributed by atoms with Crippen LogP contribution in [0.15, 0.2) is 36.5 Å². The van der Waals surface area contributed by atoms with E-state index in [9.17, 15) is 0 Å². The highest BCUT2D eigenvalue weighted by atomic mass is 15.1. The molecule has 84 valence electrons. The number of nitrogens with one attached hydrogen (secondary N) is 2. The maximum atomic E-state index is 4.11. The summed E-state index contributed by atoms with van der Waals surface area (Å²) in [5.41, 5.74) is 3.49. The monoisotopic (exact) mass is 215 g/mol. The van der Waals surface area contributed by atoms with E-state index in [1.165, 1.54) is 11.1 Å². The SMILES string of the molecule is CC(C)NCc1cn[nH]c1-c1ccccc1. The van der Waals surface area contributed by atoms with E-state index in [4.69, 9.17) is 0 Å². The first-order valence-corrected chi connectivity index (χ1v) is 5.58. The maximum absolute atomic E-state index is 4.11. The number of aromatic amines is 1. The molecule has 0 saturated carbocycles. The van der Waals surface area contributed by atoms with Crippen LogP contribution >= 0.6 is 0 Å². The van der Waals surface area contributed by atoms with Crippen molar-refractivity contribution in [2.45, 2.75) is 26.4 Å². The number of benzene rings is 1. The molecular formula is C13H17N3. The Morgan fingerprint density at radius 3 is 2.69 bits per heavy atom. The molecule has 2 rings (SSSR count). The van der Waals surface area contributed by atoms with Gasteiger partial charge < -0.3 is 5.32 Å². The van der Waals surface area contributed by atoms with Crippen molar-refractivity contribution in [3.8, 4) is 11.3 Å². The summed E-state index contributed by atoms with van der Waals surface area (Å²) in [6, 6.07) is 10.8. The lowest BCUT2D eigenvalue weighted by Crippen LogP contribution is -2.21. The summed E-state index contributed by atoms with van der Waals surface area (Å²) in [4.78, 5) is 0. The zero-order chi connectivity index (χ0) is 11.4. The molecule has 0 radical (unpaired) electrons. The summed E-state index contributed by atoms with van der Waals surface area (Å²) < 4.78 is 0. The minimum atomic E-state index is 0.485. The van der Waals surface area contributed by atoms with Crippen LogP contribution in [0.1, 0.15) is 19.4 Å². The number of H-pyrrole nitrogens is 1. The Morgan fingerprint density at radius 1 is 1.25 bits per heavy atom. The third kappa shape index (κ3) is 2.49. The second-order valence-electron chi connectivity index (χ2n) is 4.17. The van der Waals surface area contributed by atoms with Crippen molar-refractivity contribution < 1.29 is 0 Å². The lowest BCUT2D eigenvalue weighted by molar-refractivity contribution is 0.589. The van der Waals surface area contributed by atoms with Gasteiger partial charge in [0.05, 0.1) is 11.9 Å². The van der Waals surface area contributed by atoms with Gasteiger partial charge >= 0.3 is 0 Å². The summed E-state index contributed by atoms with van der Waals surface area (Å²) in [5.74, 6) is 0. The summed E-state index contributed by atoms with van der Waals surface area (Å²) >= 11 is 0. The molecule has 2 aromatic rings. The van der Waals surface area contributed by atoms with Crippen LogP contribution in [0.25, 0.3) is 11.3 Å². The third-order valence-electron chi connectivity index (χ3n) is 2.48. The fourth-order valence-electron chi connectivity index (χ4n) is 1.61. The van der Waals surface area contributed by atoms with E-state index < -0.39 is 0 Å². The summed E-state index contributed by atoms with van der Waals surface area (Å²) in [5, 5.41) is 10.6. The molecule has 0 saturated heterocycles. The van der Waals surface area contributed by atoms with Crippen LogP contribution in [0, 0.1) is 0 Å². The van der Waals surface area contributed by atoms with Gasteiger partial charge in [-0.15, -0.1) is 0 Å². The van der Waals surface area contributed by atoms with Crippen LogP contribution < -0.4 is 5.32 Å². The summed E-state index contributed by atoms with van der Waals surface area (Å²) in [7, 11) is 0. The van der Waals surface area contributed by atoms with Gasteiger partial charge in [-0.2, -0.15) is 5.10 Å². The summed E-state index contributed by atoms with van der Waals surface area (Å²) in [6.07, 6.45) is 1.89. The third-order valence-corrected chi connectivity index (χ3v) is 2.48. The molecule has 1 aromatic heterocycles. The topological polar surface area (TPSA) is 40.7 Å². The van der Waals surface area contributed by atoms with E-state index in [0.717, 1.165) is 12.2 Å².